The van der Waals surface area contributed by atoms with Crippen LogP contribution >= 0.6 is 0 Å². The Hall–Kier alpha value is -2.76. The molecule has 5 rings (SSSR count). The van der Waals surface area contributed by atoms with E-state index in [9.17, 15) is 23.1 Å². The molecule has 6 heteroatoms. The summed E-state index contributed by atoms with van der Waals surface area (Å²) in [5.41, 5.74) is 3.61. The number of ether oxygens (including phenoxy) is 1. The highest BCUT2D eigenvalue weighted by atomic mass is 19.4. The zero-order valence-corrected chi connectivity index (χ0v) is 17.8. The fourth-order valence-corrected chi connectivity index (χ4v) is 6.34. The number of carbonyl (C=O) groups excluding carboxylic acids is 1. The fraction of sp³-hybridized carbons (Fsp3) is 0.423. The van der Waals surface area contributed by atoms with Crippen molar-refractivity contribution in [3.63, 3.8) is 0 Å². The maximum Gasteiger partial charge on any atom is 0.573 e. The van der Waals surface area contributed by atoms with Crippen LogP contribution in [0.3, 0.4) is 0 Å². The quantitative estimate of drug-likeness (QED) is 0.547. The van der Waals surface area contributed by atoms with Crippen molar-refractivity contribution in [2.75, 3.05) is 0 Å². The Kier molecular flexibility index (Phi) is 4.88. The Morgan fingerprint density at radius 2 is 1.88 bits per heavy atom. The van der Waals surface area contributed by atoms with Crippen molar-refractivity contribution in [3.8, 4) is 11.5 Å². The number of hydrogen-bond acceptors (Lipinski definition) is 3. The number of benzene rings is 2. The molecule has 2 fully saturated rings. The molecule has 2 aromatic rings. The third kappa shape index (κ3) is 3.59. The van der Waals surface area contributed by atoms with Crippen LogP contribution in [-0.2, 0) is 11.2 Å². The summed E-state index contributed by atoms with van der Waals surface area (Å²) in [4.78, 5) is 13.4. The van der Waals surface area contributed by atoms with Crippen LogP contribution < -0.4 is 4.74 Å². The number of Topliss-reactive ketones (excluding diaryl/α,β-unsaturated/α-hetero) is 1. The van der Waals surface area contributed by atoms with E-state index in [0.29, 0.717) is 29.6 Å². The number of allylic oxidation sites excluding steroid dienone is 1. The molecule has 0 aromatic heterocycles. The Morgan fingerprint density at radius 3 is 2.59 bits per heavy atom. The third-order valence-corrected chi connectivity index (χ3v) is 7.80. The molecule has 0 unspecified atom stereocenters. The maximum atomic E-state index is 13.4. The monoisotopic (exact) mass is 442 g/mol. The molecule has 0 spiro atoms. The molecule has 168 valence electrons. The SMILES string of the molecule is C[C@]12CC[C@@H]3c4ccc(O)cc4CC[C@H]3[C@@H]1C/C(=C\c1ccc(OC(F)(F)F)cc1)C2=O. The van der Waals surface area contributed by atoms with Gasteiger partial charge in [-0.15, -0.1) is 13.2 Å². The van der Waals surface area contributed by atoms with Crippen LogP contribution in [0.5, 0.6) is 11.5 Å². The first kappa shape index (κ1) is 21.1. The van der Waals surface area contributed by atoms with Crippen LogP contribution in [0.4, 0.5) is 13.2 Å². The fourth-order valence-electron chi connectivity index (χ4n) is 6.34. The van der Waals surface area contributed by atoms with Gasteiger partial charge in [0.2, 0.25) is 0 Å². The second-order valence-corrected chi connectivity index (χ2v) is 9.57. The van der Waals surface area contributed by atoms with Crippen LogP contribution in [0.2, 0.25) is 0 Å². The molecule has 32 heavy (non-hydrogen) atoms. The van der Waals surface area contributed by atoms with Crippen LogP contribution in [-0.4, -0.2) is 17.3 Å². The van der Waals surface area contributed by atoms with E-state index in [4.69, 9.17) is 0 Å². The van der Waals surface area contributed by atoms with Crippen molar-refractivity contribution in [2.45, 2.75) is 51.3 Å². The predicted molar refractivity (Wildman–Crippen MR) is 114 cm³/mol. The maximum absolute atomic E-state index is 13.4. The number of aromatic hydroxyl groups is 1. The zero-order valence-electron chi connectivity index (χ0n) is 17.8. The highest BCUT2D eigenvalue weighted by molar-refractivity contribution is 6.06. The molecule has 3 aliphatic carbocycles. The van der Waals surface area contributed by atoms with E-state index in [0.717, 1.165) is 31.3 Å². The summed E-state index contributed by atoms with van der Waals surface area (Å²) >= 11 is 0. The molecule has 0 aliphatic heterocycles. The lowest BCUT2D eigenvalue weighted by Crippen LogP contribution is -2.42. The van der Waals surface area contributed by atoms with Crippen LogP contribution in [0.15, 0.2) is 48.0 Å². The lowest BCUT2D eigenvalue weighted by atomic mass is 9.55. The molecule has 2 aromatic carbocycles. The molecule has 0 amide bonds. The number of phenols is 1. The lowest BCUT2D eigenvalue weighted by Gasteiger charge is -2.48. The summed E-state index contributed by atoms with van der Waals surface area (Å²) in [7, 11) is 0. The van der Waals surface area contributed by atoms with Gasteiger partial charge in [0.05, 0.1) is 0 Å². The highest BCUT2D eigenvalue weighted by Crippen LogP contribution is 2.60. The van der Waals surface area contributed by atoms with Crippen molar-refractivity contribution in [1.29, 1.82) is 0 Å². The molecule has 3 nitrogen and oxygen atoms in total. The summed E-state index contributed by atoms with van der Waals surface area (Å²) in [5, 5.41) is 9.84. The summed E-state index contributed by atoms with van der Waals surface area (Å²) < 4.78 is 41.1. The number of alkyl halides is 3. The number of aryl methyl sites for hydroxylation is 1. The molecule has 1 N–H and O–H groups in total. The van der Waals surface area contributed by atoms with E-state index >= 15 is 0 Å². The minimum Gasteiger partial charge on any atom is -0.508 e. The first-order valence-electron chi connectivity index (χ1n) is 11.1. The molecule has 0 radical (unpaired) electrons. The number of rotatable bonds is 2. The highest BCUT2D eigenvalue weighted by Gasteiger charge is 2.56. The van der Waals surface area contributed by atoms with Gasteiger partial charge in [0, 0.05) is 5.41 Å². The van der Waals surface area contributed by atoms with E-state index in [1.165, 1.54) is 23.3 Å². The average molecular weight is 442 g/mol. The van der Waals surface area contributed by atoms with E-state index in [1.807, 2.05) is 18.2 Å². The summed E-state index contributed by atoms with van der Waals surface area (Å²) in [6.07, 6.45) is 1.50. The van der Waals surface area contributed by atoms with Gasteiger partial charge in [-0.3, -0.25) is 4.79 Å². The second kappa shape index (κ2) is 7.39. The van der Waals surface area contributed by atoms with Crippen LogP contribution in [0.1, 0.15) is 55.2 Å². The number of phenolic OH excluding ortho intramolecular Hbond substituents is 1. The van der Waals surface area contributed by atoms with E-state index in [1.54, 1.807) is 18.2 Å². The van der Waals surface area contributed by atoms with Gasteiger partial charge in [-0.25, -0.2) is 0 Å². The molecule has 3 aliphatic rings. The van der Waals surface area contributed by atoms with E-state index in [2.05, 4.69) is 11.7 Å². The van der Waals surface area contributed by atoms with Gasteiger partial charge in [0.1, 0.15) is 11.5 Å². The summed E-state index contributed by atoms with van der Waals surface area (Å²) in [6, 6.07) is 11.3. The molecule has 0 saturated heterocycles. The number of hydrogen-bond donors (Lipinski definition) is 1. The number of carbonyl (C=O) groups is 1. The first-order chi connectivity index (χ1) is 15.1. The van der Waals surface area contributed by atoms with Gasteiger partial charge in [-0.05, 0) is 102 Å². The lowest BCUT2D eigenvalue weighted by molar-refractivity contribution is -0.274. The van der Waals surface area contributed by atoms with Crippen molar-refractivity contribution in [2.24, 2.45) is 17.3 Å². The zero-order chi connectivity index (χ0) is 22.7. The van der Waals surface area contributed by atoms with Gasteiger partial charge in [-0.1, -0.05) is 25.1 Å². The summed E-state index contributed by atoms with van der Waals surface area (Å²) in [5.74, 6) is 1.29. The first-order valence-corrected chi connectivity index (χ1v) is 11.1. The minimum atomic E-state index is -4.72. The molecule has 0 heterocycles. The molecule has 0 bridgehead atoms. The summed E-state index contributed by atoms with van der Waals surface area (Å²) in [6.45, 7) is 2.09. The Labute approximate surface area is 184 Å². The Morgan fingerprint density at radius 1 is 1.12 bits per heavy atom. The topological polar surface area (TPSA) is 46.5 Å². The van der Waals surface area contributed by atoms with Gasteiger partial charge in [0.25, 0.3) is 0 Å². The normalized spacial score (nSPS) is 30.6. The van der Waals surface area contributed by atoms with Gasteiger partial charge >= 0.3 is 6.36 Å². The average Bonchev–Trinajstić information content (AvgIpc) is 2.98. The smallest absolute Gasteiger partial charge is 0.508 e. The largest absolute Gasteiger partial charge is 0.573 e. The Bertz CT molecular complexity index is 1090. The number of halogens is 3. The van der Waals surface area contributed by atoms with Gasteiger partial charge < -0.3 is 9.84 Å². The van der Waals surface area contributed by atoms with Crippen LogP contribution in [0.25, 0.3) is 6.08 Å². The second-order valence-electron chi connectivity index (χ2n) is 9.57. The van der Waals surface area contributed by atoms with Crippen molar-refractivity contribution >= 4 is 11.9 Å². The molecular formula is C26H25F3O3. The third-order valence-electron chi connectivity index (χ3n) is 7.80. The molecular weight excluding hydrogens is 417 g/mol. The van der Waals surface area contributed by atoms with E-state index in [-0.39, 0.29) is 22.9 Å². The predicted octanol–water partition coefficient (Wildman–Crippen LogP) is 6.41. The van der Waals surface area contributed by atoms with Crippen LogP contribution in [0, 0.1) is 17.3 Å². The Balaban J connectivity index is 1.40. The molecule has 2 saturated carbocycles. The van der Waals surface area contributed by atoms with E-state index < -0.39 is 6.36 Å². The molecule has 4 atom stereocenters. The number of fused-ring (bicyclic) bond motifs is 5. The standard InChI is InChI=1S/C26H25F3O3/c1-25-11-10-21-20-9-5-18(30)13-16(20)4-8-22(21)23(25)14-17(24(25)31)12-15-2-6-19(7-3-15)32-26(27,28)29/h2-3,5-7,9,12-13,21-23,30H,4,8,10-11,14H2,1H3/b17-12+/t21-,22-,23+,25+/m1/s1. The number of ketones is 1. The van der Waals surface area contributed by atoms with Crippen molar-refractivity contribution < 1.29 is 27.8 Å². The minimum absolute atomic E-state index is 0.174. The van der Waals surface area contributed by atoms with Crippen molar-refractivity contribution in [3.05, 3.63) is 64.7 Å². The van der Waals surface area contributed by atoms with Gasteiger partial charge in [-0.2, -0.15) is 0 Å². The van der Waals surface area contributed by atoms with Gasteiger partial charge in [0.15, 0.2) is 5.78 Å². The van der Waals surface area contributed by atoms with Crippen molar-refractivity contribution in [1.82, 2.24) is 0 Å².